The largest absolute Gasteiger partial charge is 0.326 e. The molecular formula is C22H27N3O2. The van der Waals surface area contributed by atoms with E-state index < -0.39 is 0 Å². The molecule has 0 radical (unpaired) electrons. The van der Waals surface area contributed by atoms with Crippen LogP contribution in [0, 0.1) is 20.8 Å². The number of amides is 3. The molecule has 0 spiro atoms. The Morgan fingerprint density at radius 3 is 2.44 bits per heavy atom. The number of hydrogen-bond donors (Lipinski definition) is 2. The van der Waals surface area contributed by atoms with Crippen LogP contribution in [0.25, 0.3) is 0 Å². The number of nitrogens with one attached hydrogen (secondary N) is 2. The minimum absolute atomic E-state index is 0.0959. The monoisotopic (exact) mass is 365 g/mol. The van der Waals surface area contributed by atoms with E-state index in [-0.39, 0.29) is 18.0 Å². The Morgan fingerprint density at radius 1 is 1.00 bits per heavy atom. The summed E-state index contributed by atoms with van der Waals surface area (Å²) in [6.07, 6.45) is 1.97. The summed E-state index contributed by atoms with van der Waals surface area (Å²) < 4.78 is 0. The second kappa shape index (κ2) is 7.82. The first-order valence-electron chi connectivity index (χ1n) is 9.39. The van der Waals surface area contributed by atoms with Crippen molar-refractivity contribution in [2.24, 2.45) is 0 Å². The Labute approximate surface area is 160 Å². The van der Waals surface area contributed by atoms with E-state index in [0.717, 1.165) is 41.9 Å². The van der Waals surface area contributed by atoms with Crippen LogP contribution in [0.4, 0.5) is 16.2 Å². The summed E-state index contributed by atoms with van der Waals surface area (Å²) in [5.74, 6) is -0.121. The van der Waals surface area contributed by atoms with Crippen LogP contribution in [0.2, 0.25) is 0 Å². The van der Waals surface area contributed by atoms with E-state index >= 15 is 0 Å². The molecule has 27 heavy (non-hydrogen) atoms. The summed E-state index contributed by atoms with van der Waals surface area (Å²) in [7, 11) is 0. The molecule has 0 aliphatic carbocycles. The molecule has 2 aromatic carbocycles. The van der Waals surface area contributed by atoms with Gasteiger partial charge in [-0.15, -0.1) is 0 Å². The van der Waals surface area contributed by atoms with Crippen molar-refractivity contribution in [1.29, 1.82) is 0 Å². The Morgan fingerprint density at radius 2 is 1.74 bits per heavy atom. The van der Waals surface area contributed by atoms with Gasteiger partial charge < -0.3 is 15.5 Å². The molecule has 5 heteroatoms. The lowest BCUT2D eigenvalue weighted by atomic mass is 9.99. The molecule has 1 aliphatic heterocycles. The van der Waals surface area contributed by atoms with Crippen LogP contribution < -0.4 is 10.6 Å². The van der Waals surface area contributed by atoms with Gasteiger partial charge in [0.2, 0.25) is 5.91 Å². The predicted molar refractivity (Wildman–Crippen MR) is 109 cm³/mol. The predicted octanol–water partition coefficient (Wildman–Crippen LogP) is 4.94. The number of rotatable bonds is 3. The maximum Gasteiger partial charge on any atom is 0.322 e. The molecule has 2 N–H and O–H groups in total. The number of benzene rings is 2. The highest BCUT2D eigenvalue weighted by atomic mass is 16.2. The number of carbonyl (C=O) groups is 2. The topological polar surface area (TPSA) is 61.4 Å². The Hall–Kier alpha value is -2.82. The average Bonchev–Trinajstić information content (AvgIpc) is 3.11. The Balaban J connectivity index is 1.83. The van der Waals surface area contributed by atoms with Gasteiger partial charge in [0.25, 0.3) is 0 Å². The van der Waals surface area contributed by atoms with Crippen molar-refractivity contribution in [2.75, 3.05) is 17.2 Å². The molecule has 5 nitrogen and oxygen atoms in total. The number of anilines is 2. The van der Waals surface area contributed by atoms with Crippen molar-refractivity contribution >= 4 is 23.3 Å². The van der Waals surface area contributed by atoms with Gasteiger partial charge in [-0.1, -0.05) is 30.3 Å². The van der Waals surface area contributed by atoms with Crippen LogP contribution in [-0.4, -0.2) is 23.4 Å². The number of likely N-dealkylation sites (tertiary alicyclic amines) is 1. The molecule has 1 heterocycles. The van der Waals surface area contributed by atoms with Crippen LogP contribution in [-0.2, 0) is 4.79 Å². The standard InChI is InChI=1S/C22H27N3O2/c1-14-8-5-6-9-18(14)20-10-7-13-25(20)22(27)24-19-12-11-15(2)21(16(19)3)23-17(4)26/h5-6,8-9,11-12,20H,7,10,13H2,1-4H3,(H,23,26)(H,24,27)/t20-/m0/s1. The zero-order valence-corrected chi connectivity index (χ0v) is 16.4. The third-order valence-electron chi connectivity index (χ3n) is 5.28. The van der Waals surface area contributed by atoms with Crippen molar-refractivity contribution in [3.8, 4) is 0 Å². The second-order valence-corrected chi connectivity index (χ2v) is 7.25. The number of aryl methyl sites for hydroxylation is 2. The van der Waals surface area contributed by atoms with Crippen molar-refractivity contribution in [2.45, 2.75) is 46.6 Å². The fraction of sp³-hybridized carbons (Fsp3) is 0.364. The highest BCUT2D eigenvalue weighted by molar-refractivity contribution is 5.95. The fourth-order valence-electron chi connectivity index (χ4n) is 3.83. The van der Waals surface area contributed by atoms with E-state index in [1.165, 1.54) is 18.1 Å². The highest BCUT2D eigenvalue weighted by Gasteiger charge is 2.31. The number of hydrogen-bond acceptors (Lipinski definition) is 2. The molecule has 142 valence electrons. The van der Waals surface area contributed by atoms with Crippen molar-refractivity contribution in [3.63, 3.8) is 0 Å². The molecule has 0 saturated carbocycles. The van der Waals surface area contributed by atoms with Crippen LogP contribution in [0.15, 0.2) is 36.4 Å². The highest BCUT2D eigenvalue weighted by Crippen LogP contribution is 2.35. The molecule has 1 saturated heterocycles. The lowest BCUT2D eigenvalue weighted by Gasteiger charge is -2.27. The van der Waals surface area contributed by atoms with E-state index in [4.69, 9.17) is 0 Å². The summed E-state index contributed by atoms with van der Waals surface area (Å²) in [5, 5.41) is 5.91. The Bertz CT molecular complexity index is 876. The van der Waals surface area contributed by atoms with Gasteiger partial charge in [-0.2, -0.15) is 0 Å². The first-order valence-corrected chi connectivity index (χ1v) is 9.39. The molecular weight excluding hydrogens is 338 g/mol. The van der Waals surface area contributed by atoms with Gasteiger partial charge in [0.15, 0.2) is 0 Å². The number of urea groups is 1. The molecule has 1 fully saturated rings. The smallest absolute Gasteiger partial charge is 0.322 e. The molecule has 1 atom stereocenters. The van der Waals surface area contributed by atoms with E-state index in [2.05, 4.69) is 29.7 Å². The van der Waals surface area contributed by atoms with E-state index in [0.29, 0.717) is 0 Å². The lowest BCUT2D eigenvalue weighted by Crippen LogP contribution is -2.35. The average molecular weight is 365 g/mol. The normalized spacial score (nSPS) is 16.3. The van der Waals surface area contributed by atoms with Gasteiger partial charge in [-0.3, -0.25) is 4.79 Å². The van der Waals surface area contributed by atoms with E-state index in [9.17, 15) is 9.59 Å². The minimum atomic E-state index is -0.121. The summed E-state index contributed by atoms with van der Waals surface area (Å²) in [4.78, 5) is 26.4. The molecule has 1 aliphatic rings. The third kappa shape index (κ3) is 3.97. The van der Waals surface area contributed by atoms with Gasteiger partial charge in [0, 0.05) is 24.8 Å². The van der Waals surface area contributed by atoms with Gasteiger partial charge in [-0.05, 0) is 61.9 Å². The first kappa shape index (κ1) is 19.0. The van der Waals surface area contributed by atoms with Crippen molar-refractivity contribution < 1.29 is 9.59 Å². The van der Waals surface area contributed by atoms with Crippen LogP contribution in [0.1, 0.15) is 48.1 Å². The SMILES string of the molecule is CC(=O)Nc1c(C)ccc(NC(=O)N2CCC[C@H]2c2ccccc2C)c1C. The molecule has 0 aromatic heterocycles. The van der Waals surface area contributed by atoms with Crippen LogP contribution in [0.5, 0.6) is 0 Å². The van der Waals surface area contributed by atoms with Crippen molar-refractivity contribution in [1.82, 2.24) is 4.90 Å². The summed E-state index contributed by atoms with van der Waals surface area (Å²) in [6, 6.07) is 12.1. The van der Waals surface area contributed by atoms with Crippen molar-refractivity contribution in [3.05, 3.63) is 58.7 Å². The van der Waals surface area contributed by atoms with Gasteiger partial charge in [-0.25, -0.2) is 4.79 Å². The third-order valence-corrected chi connectivity index (χ3v) is 5.28. The zero-order chi connectivity index (χ0) is 19.6. The first-order chi connectivity index (χ1) is 12.9. The molecule has 2 aromatic rings. The van der Waals surface area contributed by atoms with Crippen LogP contribution in [0.3, 0.4) is 0 Å². The second-order valence-electron chi connectivity index (χ2n) is 7.25. The molecule has 0 bridgehead atoms. The molecule has 0 unspecified atom stereocenters. The maximum atomic E-state index is 13.0. The summed E-state index contributed by atoms with van der Waals surface area (Å²) in [5.41, 5.74) is 5.75. The van der Waals surface area contributed by atoms with Gasteiger partial charge in [0.1, 0.15) is 0 Å². The van der Waals surface area contributed by atoms with Gasteiger partial charge >= 0.3 is 6.03 Å². The maximum absolute atomic E-state index is 13.0. The fourth-order valence-corrected chi connectivity index (χ4v) is 3.83. The quantitative estimate of drug-likeness (QED) is 0.809. The number of carbonyl (C=O) groups excluding carboxylic acids is 2. The number of nitrogens with zero attached hydrogens (tertiary/aromatic N) is 1. The minimum Gasteiger partial charge on any atom is -0.326 e. The Kier molecular flexibility index (Phi) is 5.49. The summed E-state index contributed by atoms with van der Waals surface area (Å²) in [6.45, 7) is 8.18. The molecule has 3 rings (SSSR count). The zero-order valence-electron chi connectivity index (χ0n) is 16.4. The van der Waals surface area contributed by atoms with Crippen LogP contribution >= 0.6 is 0 Å². The van der Waals surface area contributed by atoms with Gasteiger partial charge in [0.05, 0.1) is 6.04 Å². The summed E-state index contributed by atoms with van der Waals surface area (Å²) >= 11 is 0. The lowest BCUT2D eigenvalue weighted by molar-refractivity contribution is -0.114. The van der Waals surface area contributed by atoms with E-state index in [1.807, 2.05) is 43.0 Å². The van der Waals surface area contributed by atoms with E-state index in [1.54, 1.807) is 0 Å². The molecule has 3 amide bonds.